The van der Waals surface area contributed by atoms with Gasteiger partial charge in [0.2, 0.25) is 0 Å². The van der Waals surface area contributed by atoms with E-state index in [1.165, 1.54) is 83.5 Å². The highest BCUT2D eigenvalue weighted by Gasteiger charge is 1.99. The second-order valence-electron chi connectivity index (χ2n) is 7.14. The number of unbranched alkanes of at least 4 members (excludes halogenated alkanes) is 14. The van der Waals surface area contributed by atoms with Crippen LogP contribution in [0.15, 0.2) is 0 Å². The topological polar surface area (TPSA) is 50.4 Å². The molecule has 0 atom stereocenters. The molecule has 0 aliphatic heterocycles. The van der Waals surface area contributed by atoms with E-state index in [9.17, 15) is 4.79 Å². The van der Waals surface area contributed by atoms with Crippen molar-refractivity contribution in [3.05, 3.63) is 0 Å². The van der Waals surface area contributed by atoms with Gasteiger partial charge in [-0.2, -0.15) is 0 Å². The molecule has 0 aromatic carbocycles. The smallest absolute Gasteiger partial charge is 0.421 e. The van der Waals surface area contributed by atoms with E-state index in [1.807, 2.05) is 0 Å². The van der Waals surface area contributed by atoms with Crippen molar-refractivity contribution in [3.63, 3.8) is 0 Å². The van der Waals surface area contributed by atoms with Crippen LogP contribution in [0.4, 0.5) is 4.79 Å². The highest BCUT2D eigenvalue weighted by atomic mass is 16.6. The Morgan fingerprint density at radius 1 is 0.640 bits per heavy atom. The molecule has 2 N–H and O–H groups in total. The number of hydrogen-bond donors (Lipinski definition) is 2. The summed E-state index contributed by atoms with van der Waals surface area (Å²) < 4.78 is 4.99. The summed E-state index contributed by atoms with van der Waals surface area (Å²) in [5.74, 6) is 0. The van der Waals surface area contributed by atoms with Gasteiger partial charge in [-0.1, -0.05) is 104 Å². The highest BCUT2D eigenvalue weighted by Crippen LogP contribution is 2.12. The van der Waals surface area contributed by atoms with Crippen LogP contribution in [0.25, 0.3) is 0 Å². The Balaban J connectivity index is 3.06. The number of hydrazine groups is 1. The Kier molecular flexibility index (Phi) is 20.6. The van der Waals surface area contributed by atoms with Gasteiger partial charge in [-0.05, 0) is 12.8 Å². The predicted molar refractivity (Wildman–Crippen MR) is 108 cm³/mol. The minimum absolute atomic E-state index is 0.362. The maximum Gasteiger partial charge on any atom is 0.421 e. The van der Waals surface area contributed by atoms with Crippen molar-refractivity contribution >= 4 is 6.09 Å². The molecule has 0 spiro atoms. The summed E-state index contributed by atoms with van der Waals surface area (Å²) in [5.41, 5.74) is 5.51. The monoisotopic (exact) mass is 356 g/mol. The predicted octanol–water partition coefficient (Wildman–Crippen LogP) is 6.50. The summed E-state index contributed by atoms with van der Waals surface area (Å²) in [5, 5.41) is 0. The number of nitrogens with one attached hydrogen (secondary N) is 2. The average molecular weight is 357 g/mol. The second-order valence-corrected chi connectivity index (χ2v) is 7.14. The lowest BCUT2D eigenvalue weighted by atomic mass is 10.0. The van der Waals surface area contributed by atoms with Crippen molar-refractivity contribution in [1.29, 1.82) is 0 Å². The third-order valence-corrected chi connectivity index (χ3v) is 4.58. The van der Waals surface area contributed by atoms with Crippen LogP contribution < -0.4 is 10.9 Å². The number of ether oxygens (including phenoxy) is 1. The van der Waals surface area contributed by atoms with Crippen molar-refractivity contribution in [2.24, 2.45) is 0 Å². The van der Waals surface area contributed by atoms with E-state index in [2.05, 4.69) is 24.7 Å². The number of carbonyl (C=O) groups is 1. The SMILES string of the molecule is CCCCCCCCCCCCCCCCNNC(=O)OCCCC. The minimum atomic E-state index is -0.362. The Morgan fingerprint density at radius 3 is 1.56 bits per heavy atom. The third kappa shape index (κ3) is 21.2. The molecule has 0 fully saturated rings. The van der Waals surface area contributed by atoms with Crippen LogP contribution in [-0.4, -0.2) is 19.2 Å². The zero-order valence-corrected chi connectivity index (χ0v) is 17.0. The first-order valence-electron chi connectivity index (χ1n) is 11.0. The molecule has 0 aliphatic carbocycles. The largest absolute Gasteiger partial charge is 0.449 e. The summed E-state index contributed by atoms with van der Waals surface area (Å²) in [4.78, 5) is 11.3. The summed E-state index contributed by atoms with van der Waals surface area (Å²) in [6.07, 6.45) is 20.7. The second kappa shape index (κ2) is 21.3. The van der Waals surface area contributed by atoms with Crippen LogP contribution in [0, 0.1) is 0 Å². The number of rotatable bonds is 19. The molecule has 0 aliphatic rings. The molecule has 0 heterocycles. The van der Waals surface area contributed by atoms with Crippen LogP contribution >= 0.6 is 0 Å². The molecule has 0 saturated carbocycles. The highest BCUT2D eigenvalue weighted by molar-refractivity contribution is 5.66. The molecular weight excluding hydrogens is 312 g/mol. The molecule has 1 amide bonds. The maximum atomic E-state index is 11.3. The lowest BCUT2D eigenvalue weighted by molar-refractivity contribution is 0.139. The first-order chi connectivity index (χ1) is 12.3. The van der Waals surface area contributed by atoms with E-state index in [0.717, 1.165) is 25.8 Å². The van der Waals surface area contributed by atoms with Gasteiger partial charge in [-0.25, -0.2) is 10.2 Å². The van der Waals surface area contributed by atoms with E-state index < -0.39 is 0 Å². The van der Waals surface area contributed by atoms with Crippen LogP contribution in [-0.2, 0) is 4.74 Å². The normalized spacial score (nSPS) is 10.8. The first kappa shape index (κ1) is 24.2. The van der Waals surface area contributed by atoms with Crippen LogP contribution in [0.3, 0.4) is 0 Å². The van der Waals surface area contributed by atoms with Crippen molar-refractivity contribution in [3.8, 4) is 0 Å². The average Bonchev–Trinajstić information content (AvgIpc) is 2.61. The molecule has 25 heavy (non-hydrogen) atoms. The van der Waals surface area contributed by atoms with Crippen LogP contribution in [0.5, 0.6) is 0 Å². The standard InChI is InChI=1S/C21H44N2O2/c1-3-5-7-8-9-10-11-12-13-14-15-16-17-18-19-22-23-21(24)25-20-6-4-2/h22H,3-20H2,1-2H3,(H,23,24). The Hall–Kier alpha value is -0.770. The van der Waals surface area contributed by atoms with Gasteiger partial charge in [0.15, 0.2) is 0 Å². The molecule has 150 valence electrons. The van der Waals surface area contributed by atoms with Gasteiger partial charge in [-0.3, -0.25) is 5.43 Å². The van der Waals surface area contributed by atoms with E-state index in [0.29, 0.717) is 6.61 Å². The van der Waals surface area contributed by atoms with E-state index in [-0.39, 0.29) is 6.09 Å². The van der Waals surface area contributed by atoms with Crippen molar-refractivity contribution < 1.29 is 9.53 Å². The molecule has 0 radical (unpaired) electrons. The van der Waals surface area contributed by atoms with Gasteiger partial charge in [0.1, 0.15) is 0 Å². The molecule has 0 aromatic rings. The molecule has 4 nitrogen and oxygen atoms in total. The van der Waals surface area contributed by atoms with Crippen molar-refractivity contribution in [1.82, 2.24) is 10.9 Å². The Labute approximate surface area is 156 Å². The maximum absolute atomic E-state index is 11.3. The van der Waals surface area contributed by atoms with Gasteiger partial charge < -0.3 is 4.74 Å². The number of carbonyl (C=O) groups excluding carboxylic acids is 1. The zero-order chi connectivity index (χ0) is 18.4. The van der Waals surface area contributed by atoms with Gasteiger partial charge in [-0.15, -0.1) is 0 Å². The van der Waals surface area contributed by atoms with Gasteiger partial charge >= 0.3 is 6.09 Å². The molecule has 4 heteroatoms. The molecular formula is C21H44N2O2. The summed E-state index contributed by atoms with van der Waals surface area (Å²) in [6.45, 7) is 5.68. The number of amides is 1. The number of hydrogen-bond acceptors (Lipinski definition) is 3. The van der Waals surface area contributed by atoms with Crippen LogP contribution in [0.2, 0.25) is 0 Å². The summed E-state index contributed by atoms with van der Waals surface area (Å²) >= 11 is 0. The Bertz CT molecular complexity index is 273. The molecule has 0 unspecified atom stereocenters. The Morgan fingerprint density at radius 2 is 1.08 bits per heavy atom. The fraction of sp³-hybridized carbons (Fsp3) is 0.952. The lowest BCUT2D eigenvalue weighted by Gasteiger charge is -2.08. The van der Waals surface area contributed by atoms with Crippen molar-refractivity contribution in [2.45, 2.75) is 117 Å². The van der Waals surface area contributed by atoms with E-state index >= 15 is 0 Å². The quantitative estimate of drug-likeness (QED) is 0.205. The van der Waals surface area contributed by atoms with Gasteiger partial charge in [0, 0.05) is 6.54 Å². The molecule has 0 aromatic heterocycles. The van der Waals surface area contributed by atoms with Gasteiger partial charge in [0.05, 0.1) is 6.61 Å². The molecule has 0 rings (SSSR count). The molecule has 0 bridgehead atoms. The van der Waals surface area contributed by atoms with Crippen LogP contribution in [0.1, 0.15) is 117 Å². The zero-order valence-electron chi connectivity index (χ0n) is 17.0. The van der Waals surface area contributed by atoms with E-state index in [1.54, 1.807) is 0 Å². The molecule has 0 saturated heterocycles. The fourth-order valence-electron chi connectivity index (χ4n) is 2.89. The van der Waals surface area contributed by atoms with Crippen molar-refractivity contribution in [2.75, 3.05) is 13.2 Å². The van der Waals surface area contributed by atoms with E-state index in [4.69, 9.17) is 4.74 Å². The fourth-order valence-corrected chi connectivity index (χ4v) is 2.89. The minimum Gasteiger partial charge on any atom is -0.449 e. The lowest BCUT2D eigenvalue weighted by Crippen LogP contribution is -2.38. The van der Waals surface area contributed by atoms with Gasteiger partial charge in [0.25, 0.3) is 0 Å². The third-order valence-electron chi connectivity index (χ3n) is 4.58. The first-order valence-corrected chi connectivity index (χ1v) is 11.0. The summed E-state index contributed by atoms with van der Waals surface area (Å²) in [7, 11) is 0. The summed E-state index contributed by atoms with van der Waals surface area (Å²) in [6, 6.07) is 0.